The summed E-state index contributed by atoms with van der Waals surface area (Å²) in [6, 6.07) is 8.04. The molecule has 1 aromatic carbocycles. The van der Waals surface area contributed by atoms with Gasteiger partial charge in [0.05, 0.1) is 18.7 Å². The van der Waals surface area contributed by atoms with Crippen molar-refractivity contribution < 1.29 is 9.53 Å². The maximum atomic E-state index is 10.8. The Bertz CT molecular complexity index is 715. The molecule has 0 radical (unpaired) electrons. The third kappa shape index (κ3) is 3.96. The van der Waals surface area contributed by atoms with E-state index in [1.807, 2.05) is 37.3 Å². The molecule has 5 heteroatoms. The second kappa shape index (κ2) is 8.10. The third-order valence-electron chi connectivity index (χ3n) is 3.51. The largest absolute Gasteiger partial charge is 0.359 e. The van der Waals surface area contributed by atoms with Gasteiger partial charge in [-0.05, 0) is 23.6 Å². The zero-order valence-electron chi connectivity index (χ0n) is 13.0. The van der Waals surface area contributed by atoms with Gasteiger partial charge in [0.2, 0.25) is 0 Å². The Hall–Kier alpha value is -2.66. The fraction of sp³-hybridized carbons (Fsp3) is 0.222. The van der Waals surface area contributed by atoms with E-state index in [9.17, 15) is 9.70 Å². The number of benzene rings is 1. The van der Waals surface area contributed by atoms with E-state index in [2.05, 4.69) is 22.8 Å². The number of fused-ring (bicyclic) bond motifs is 1. The van der Waals surface area contributed by atoms with E-state index >= 15 is 0 Å². The average Bonchev–Trinajstić information content (AvgIpc) is 2.84. The van der Waals surface area contributed by atoms with Crippen LogP contribution in [-0.2, 0) is 9.53 Å². The molecule has 0 aromatic heterocycles. The summed E-state index contributed by atoms with van der Waals surface area (Å²) in [7, 11) is 0. The van der Waals surface area contributed by atoms with E-state index in [0.717, 1.165) is 28.0 Å². The lowest BCUT2D eigenvalue weighted by Gasteiger charge is -2.03. The highest BCUT2D eigenvalue weighted by molar-refractivity contribution is 6.24. The zero-order valence-corrected chi connectivity index (χ0v) is 13.0. The molecule has 0 bridgehead atoms. The molecule has 0 spiro atoms. The summed E-state index contributed by atoms with van der Waals surface area (Å²) in [6.07, 6.45) is 5.62. The SMILES string of the molecule is C=C/C=C\C1=C(C)C(=N/COCCC(=O)N=O)/c2ccccc21. The molecule has 0 heterocycles. The van der Waals surface area contributed by atoms with E-state index in [0.29, 0.717) is 0 Å². The molecule has 2 rings (SSSR count). The first kappa shape index (κ1) is 16.7. The van der Waals surface area contributed by atoms with Crippen LogP contribution in [0.3, 0.4) is 0 Å². The minimum atomic E-state index is -0.711. The van der Waals surface area contributed by atoms with Gasteiger partial charge >= 0.3 is 0 Å². The fourth-order valence-electron chi connectivity index (χ4n) is 2.42. The van der Waals surface area contributed by atoms with Crippen LogP contribution in [0.2, 0.25) is 0 Å². The zero-order chi connectivity index (χ0) is 16.7. The maximum Gasteiger partial charge on any atom is 0.288 e. The lowest BCUT2D eigenvalue weighted by atomic mass is 10.1. The number of amides is 1. The fourth-order valence-corrected chi connectivity index (χ4v) is 2.42. The van der Waals surface area contributed by atoms with Crippen molar-refractivity contribution in [2.24, 2.45) is 10.2 Å². The van der Waals surface area contributed by atoms with Crippen LogP contribution >= 0.6 is 0 Å². The summed E-state index contributed by atoms with van der Waals surface area (Å²) in [6.45, 7) is 5.98. The van der Waals surface area contributed by atoms with E-state index in [4.69, 9.17) is 4.74 Å². The van der Waals surface area contributed by atoms with Crippen LogP contribution in [0.1, 0.15) is 24.5 Å². The van der Waals surface area contributed by atoms with Gasteiger partial charge in [-0.1, -0.05) is 49.1 Å². The second-order valence-electron chi connectivity index (χ2n) is 4.96. The van der Waals surface area contributed by atoms with Gasteiger partial charge in [-0.25, -0.2) is 0 Å². The van der Waals surface area contributed by atoms with Gasteiger partial charge < -0.3 is 4.74 Å². The van der Waals surface area contributed by atoms with E-state index in [1.165, 1.54) is 0 Å². The van der Waals surface area contributed by atoms with E-state index < -0.39 is 5.91 Å². The lowest BCUT2D eigenvalue weighted by Crippen LogP contribution is -2.05. The summed E-state index contributed by atoms with van der Waals surface area (Å²) in [4.78, 5) is 25.2. The highest BCUT2D eigenvalue weighted by atomic mass is 16.5. The molecule has 5 nitrogen and oxygen atoms in total. The number of carbonyl (C=O) groups excluding carboxylic acids is 1. The second-order valence-corrected chi connectivity index (χ2v) is 4.96. The molecular formula is C18H18N2O3. The van der Waals surface area contributed by atoms with Gasteiger partial charge in [-0.2, -0.15) is 0 Å². The van der Waals surface area contributed by atoms with Crippen molar-refractivity contribution in [3.05, 3.63) is 70.7 Å². The van der Waals surface area contributed by atoms with Crippen LogP contribution in [0.5, 0.6) is 0 Å². The van der Waals surface area contributed by atoms with Gasteiger partial charge in [0.1, 0.15) is 6.73 Å². The number of nitrogens with zero attached hydrogens (tertiary/aromatic N) is 2. The van der Waals surface area contributed by atoms with Crippen LogP contribution < -0.4 is 0 Å². The first-order chi connectivity index (χ1) is 11.2. The molecule has 1 aromatic rings. The Labute approximate surface area is 135 Å². The number of aliphatic imine (C=N–C) groups is 1. The molecular weight excluding hydrogens is 292 g/mol. The van der Waals surface area contributed by atoms with E-state index in [-0.39, 0.29) is 19.8 Å². The summed E-state index contributed by atoms with van der Waals surface area (Å²) in [5, 5.41) is 2.32. The number of hydrogen-bond acceptors (Lipinski definition) is 4. The third-order valence-corrected chi connectivity index (χ3v) is 3.51. The molecule has 0 unspecified atom stereocenters. The summed E-state index contributed by atoms with van der Waals surface area (Å²) in [5.41, 5.74) is 5.24. The van der Waals surface area contributed by atoms with Crippen molar-refractivity contribution in [2.75, 3.05) is 13.3 Å². The van der Waals surface area contributed by atoms with Crippen LogP contribution in [0.4, 0.5) is 0 Å². The van der Waals surface area contributed by atoms with Crippen molar-refractivity contribution in [1.29, 1.82) is 0 Å². The summed E-state index contributed by atoms with van der Waals surface area (Å²) < 4.78 is 5.28. The standard InChI is InChI=1S/C18H18N2O3/c1-3-4-7-14-13(2)18(16-9-6-5-8-15(14)16)19-12-23-11-10-17(21)20-22/h3-9H,1,10-12H2,2H3/b7-4-,19-18-. The Balaban J connectivity index is 2.14. The Kier molecular flexibility index (Phi) is 5.88. The Morgan fingerprint density at radius 3 is 2.74 bits per heavy atom. The number of nitroso groups, excluding NO2 is 1. The number of rotatable bonds is 7. The van der Waals surface area contributed by atoms with Crippen LogP contribution in [0.15, 0.2) is 64.8 Å². The van der Waals surface area contributed by atoms with Crippen molar-refractivity contribution in [3.63, 3.8) is 0 Å². The highest BCUT2D eigenvalue weighted by Crippen LogP contribution is 2.33. The number of allylic oxidation sites excluding steroid dienone is 5. The first-order valence-electron chi connectivity index (χ1n) is 7.27. The normalized spacial score (nSPS) is 15.3. The van der Waals surface area contributed by atoms with Gasteiger partial charge in [0, 0.05) is 10.7 Å². The average molecular weight is 310 g/mol. The van der Waals surface area contributed by atoms with Crippen molar-refractivity contribution in [1.82, 2.24) is 0 Å². The quantitative estimate of drug-likeness (QED) is 0.438. The number of hydrogen-bond donors (Lipinski definition) is 0. The van der Waals surface area contributed by atoms with Crippen molar-refractivity contribution in [2.45, 2.75) is 13.3 Å². The molecule has 0 saturated carbocycles. The molecule has 0 fully saturated rings. The predicted molar refractivity (Wildman–Crippen MR) is 91.1 cm³/mol. The Morgan fingerprint density at radius 1 is 1.30 bits per heavy atom. The topological polar surface area (TPSA) is 68.1 Å². The molecule has 23 heavy (non-hydrogen) atoms. The summed E-state index contributed by atoms with van der Waals surface area (Å²) >= 11 is 0. The molecule has 1 amide bonds. The smallest absolute Gasteiger partial charge is 0.288 e. The van der Waals surface area contributed by atoms with Gasteiger partial charge in [0.15, 0.2) is 0 Å². The first-order valence-corrected chi connectivity index (χ1v) is 7.27. The monoisotopic (exact) mass is 310 g/mol. The minimum Gasteiger partial charge on any atom is -0.359 e. The van der Waals surface area contributed by atoms with Gasteiger partial charge in [0.25, 0.3) is 5.91 Å². The molecule has 1 aliphatic carbocycles. The number of carbonyl (C=O) groups is 1. The summed E-state index contributed by atoms with van der Waals surface area (Å²) in [5.74, 6) is -0.711. The van der Waals surface area contributed by atoms with Crippen molar-refractivity contribution in [3.8, 4) is 0 Å². The minimum absolute atomic E-state index is 0.0207. The predicted octanol–water partition coefficient (Wildman–Crippen LogP) is 3.66. The van der Waals surface area contributed by atoms with Crippen LogP contribution in [-0.4, -0.2) is 25.0 Å². The molecule has 118 valence electrons. The Morgan fingerprint density at radius 2 is 2.04 bits per heavy atom. The van der Waals surface area contributed by atoms with Gasteiger partial charge in [-0.15, -0.1) is 4.91 Å². The molecule has 0 N–H and O–H groups in total. The highest BCUT2D eigenvalue weighted by Gasteiger charge is 2.22. The van der Waals surface area contributed by atoms with E-state index in [1.54, 1.807) is 6.08 Å². The maximum absolute atomic E-state index is 10.8. The number of ether oxygens (including phenoxy) is 1. The molecule has 0 saturated heterocycles. The van der Waals surface area contributed by atoms with Crippen LogP contribution in [0.25, 0.3) is 5.57 Å². The molecule has 1 aliphatic rings. The molecule has 0 aliphatic heterocycles. The van der Waals surface area contributed by atoms with Crippen LogP contribution in [0, 0.1) is 4.91 Å². The molecule has 0 atom stereocenters. The van der Waals surface area contributed by atoms with Gasteiger partial charge in [-0.3, -0.25) is 9.79 Å². The lowest BCUT2D eigenvalue weighted by molar-refractivity contribution is -0.118. The van der Waals surface area contributed by atoms with Crippen molar-refractivity contribution >= 4 is 17.2 Å².